The van der Waals surface area contributed by atoms with E-state index in [-0.39, 0.29) is 25.7 Å². The van der Waals surface area contributed by atoms with Crippen LogP contribution in [0.5, 0.6) is 0 Å². The Hall–Kier alpha value is -1.28. The highest BCUT2D eigenvalue weighted by molar-refractivity contribution is 7.47. The molecule has 0 aliphatic rings. The number of aliphatic hydroxyl groups is 1. The Morgan fingerprint density at radius 1 is 0.696 bits per heavy atom. The van der Waals surface area contributed by atoms with Gasteiger partial charge in [-0.15, -0.1) is 0 Å². The molecule has 8 nitrogen and oxygen atoms in total. The summed E-state index contributed by atoms with van der Waals surface area (Å²) in [4.78, 5) is 22.5. The normalized spacial score (nSPS) is 14.8. The van der Waals surface area contributed by atoms with Crippen LogP contribution in [0.25, 0.3) is 0 Å². The maximum absolute atomic E-state index is 12.6. The molecule has 0 bridgehead atoms. The number of hydrogen-bond donors (Lipinski definition) is 4. The first-order chi connectivity index (χ1) is 22.4. The van der Waals surface area contributed by atoms with Gasteiger partial charge in [0, 0.05) is 13.0 Å². The average molecular weight is 671 g/mol. The van der Waals surface area contributed by atoms with Crippen molar-refractivity contribution in [2.45, 2.75) is 174 Å². The standard InChI is InChI=1S/C37H71N2O6P/c1-3-5-7-9-11-13-15-16-17-18-19-20-21-22-24-26-28-30-36(40)35(34-45-46(42,43)44-33-32-38)39-37(41)31-29-27-25-23-14-12-10-8-6-4-2/h8,10,21-22,28,30,35-36,40H,3-7,9,11-20,23-27,29,31-34,38H2,1-2H3,(H,39,41)(H,42,43)/b10-8-,22-21+,30-28+. The number of aliphatic hydroxyl groups excluding tert-OH is 1. The van der Waals surface area contributed by atoms with E-state index >= 15 is 0 Å². The van der Waals surface area contributed by atoms with Gasteiger partial charge in [-0.25, -0.2) is 4.57 Å². The summed E-state index contributed by atoms with van der Waals surface area (Å²) >= 11 is 0. The molecule has 0 aromatic heterocycles. The molecule has 0 aliphatic carbocycles. The number of nitrogens with two attached hydrogens (primary N) is 1. The molecule has 0 saturated carbocycles. The van der Waals surface area contributed by atoms with E-state index in [4.69, 9.17) is 14.8 Å². The number of hydrogen-bond acceptors (Lipinski definition) is 6. The molecule has 0 saturated heterocycles. The number of unbranched alkanes of at least 4 members (excludes halogenated alkanes) is 18. The lowest BCUT2D eigenvalue weighted by atomic mass is 10.1. The number of phosphoric ester groups is 1. The molecule has 0 aromatic rings. The van der Waals surface area contributed by atoms with Crippen LogP contribution >= 0.6 is 7.82 Å². The van der Waals surface area contributed by atoms with Gasteiger partial charge < -0.3 is 21.1 Å². The zero-order chi connectivity index (χ0) is 34.0. The topological polar surface area (TPSA) is 131 Å². The highest BCUT2D eigenvalue weighted by Gasteiger charge is 2.26. The van der Waals surface area contributed by atoms with Gasteiger partial charge in [0.25, 0.3) is 0 Å². The summed E-state index contributed by atoms with van der Waals surface area (Å²) in [5, 5.41) is 13.5. The predicted octanol–water partition coefficient (Wildman–Crippen LogP) is 9.61. The van der Waals surface area contributed by atoms with Crippen molar-refractivity contribution >= 4 is 13.7 Å². The zero-order valence-electron chi connectivity index (χ0n) is 29.6. The minimum Gasteiger partial charge on any atom is -0.387 e. The number of phosphoric acid groups is 1. The molecule has 0 aliphatic heterocycles. The second-order valence-electron chi connectivity index (χ2n) is 12.4. The summed E-state index contributed by atoms with van der Waals surface area (Å²) in [6.07, 6.45) is 37.7. The van der Waals surface area contributed by atoms with Crippen LogP contribution in [0.2, 0.25) is 0 Å². The molecule has 1 amide bonds. The number of rotatable bonds is 34. The van der Waals surface area contributed by atoms with Crippen LogP contribution in [0.4, 0.5) is 0 Å². The third-order valence-corrected chi connectivity index (χ3v) is 8.90. The summed E-state index contributed by atoms with van der Waals surface area (Å²) in [6, 6.07) is -0.878. The van der Waals surface area contributed by atoms with Gasteiger partial charge in [-0.1, -0.05) is 140 Å². The van der Waals surface area contributed by atoms with Gasteiger partial charge in [0.15, 0.2) is 0 Å². The fourth-order valence-corrected chi connectivity index (χ4v) is 5.85. The third kappa shape index (κ3) is 31.3. The van der Waals surface area contributed by atoms with E-state index in [0.717, 1.165) is 64.2 Å². The summed E-state index contributed by atoms with van der Waals surface area (Å²) in [7, 11) is -4.34. The van der Waals surface area contributed by atoms with Gasteiger partial charge in [0.1, 0.15) is 0 Å². The van der Waals surface area contributed by atoms with Crippen LogP contribution in [-0.2, 0) is 18.4 Å². The van der Waals surface area contributed by atoms with E-state index in [1.54, 1.807) is 6.08 Å². The maximum Gasteiger partial charge on any atom is 0.472 e. The van der Waals surface area contributed by atoms with E-state index in [9.17, 15) is 19.4 Å². The Labute approximate surface area is 282 Å². The van der Waals surface area contributed by atoms with Crippen LogP contribution in [0.1, 0.15) is 162 Å². The third-order valence-electron chi connectivity index (χ3n) is 7.92. The number of amides is 1. The van der Waals surface area contributed by atoms with Gasteiger partial charge in [-0.3, -0.25) is 13.8 Å². The second kappa shape index (κ2) is 33.6. The average Bonchev–Trinajstić information content (AvgIpc) is 3.04. The van der Waals surface area contributed by atoms with Crippen molar-refractivity contribution in [2.75, 3.05) is 19.8 Å². The zero-order valence-corrected chi connectivity index (χ0v) is 30.4. The Bertz CT molecular complexity index is 820. The van der Waals surface area contributed by atoms with Gasteiger partial charge in [-0.05, 0) is 51.4 Å². The van der Waals surface area contributed by atoms with Crippen molar-refractivity contribution in [3.63, 3.8) is 0 Å². The van der Waals surface area contributed by atoms with Crippen molar-refractivity contribution in [1.82, 2.24) is 5.32 Å². The summed E-state index contributed by atoms with van der Waals surface area (Å²) in [5.74, 6) is -0.218. The lowest BCUT2D eigenvalue weighted by Crippen LogP contribution is -2.45. The molecule has 0 aromatic carbocycles. The molecule has 46 heavy (non-hydrogen) atoms. The molecule has 0 rings (SSSR count). The van der Waals surface area contributed by atoms with Crippen molar-refractivity contribution in [3.8, 4) is 0 Å². The van der Waals surface area contributed by atoms with Crippen molar-refractivity contribution in [2.24, 2.45) is 5.73 Å². The molecule has 0 heterocycles. The summed E-state index contributed by atoms with van der Waals surface area (Å²) in [6.45, 7) is 4.02. The molecule has 270 valence electrons. The van der Waals surface area contributed by atoms with E-state index in [1.807, 2.05) is 6.08 Å². The lowest BCUT2D eigenvalue weighted by molar-refractivity contribution is -0.123. The van der Waals surface area contributed by atoms with Crippen LogP contribution in [0, 0.1) is 0 Å². The highest BCUT2D eigenvalue weighted by atomic mass is 31.2. The molecule has 0 radical (unpaired) electrons. The quantitative estimate of drug-likeness (QED) is 0.0305. The number of nitrogens with one attached hydrogen (secondary N) is 1. The number of carbonyl (C=O) groups excluding carboxylic acids is 1. The predicted molar refractivity (Wildman–Crippen MR) is 194 cm³/mol. The SMILES string of the molecule is CCC/C=C\CCCCCCCC(=O)NC(COP(=O)(O)OCCN)C(O)/C=C/CC/C=C/CCCCCCCCCCCCC. The molecular weight excluding hydrogens is 599 g/mol. The highest BCUT2D eigenvalue weighted by Crippen LogP contribution is 2.43. The minimum absolute atomic E-state index is 0.0722. The van der Waals surface area contributed by atoms with Crippen molar-refractivity contribution < 1.29 is 28.4 Å². The fourth-order valence-electron chi connectivity index (χ4n) is 5.09. The molecule has 3 atom stereocenters. The van der Waals surface area contributed by atoms with Gasteiger partial charge in [0.2, 0.25) is 5.91 Å². The van der Waals surface area contributed by atoms with Crippen LogP contribution in [0.3, 0.4) is 0 Å². The molecule has 9 heteroatoms. The monoisotopic (exact) mass is 671 g/mol. The van der Waals surface area contributed by atoms with Gasteiger partial charge in [-0.2, -0.15) is 0 Å². The molecule has 3 unspecified atom stereocenters. The largest absolute Gasteiger partial charge is 0.472 e. The maximum atomic E-state index is 12.6. The molecule has 0 spiro atoms. The second-order valence-corrected chi connectivity index (χ2v) is 13.9. The van der Waals surface area contributed by atoms with E-state index in [1.165, 1.54) is 77.0 Å². The van der Waals surface area contributed by atoms with E-state index < -0.39 is 20.0 Å². The Kier molecular flexibility index (Phi) is 32.7. The van der Waals surface area contributed by atoms with Crippen LogP contribution < -0.4 is 11.1 Å². The first kappa shape index (κ1) is 44.7. The Morgan fingerprint density at radius 2 is 1.20 bits per heavy atom. The Balaban J connectivity index is 4.37. The fraction of sp³-hybridized carbons (Fsp3) is 0.811. The minimum atomic E-state index is -4.34. The first-order valence-electron chi connectivity index (χ1n) is 18.6. The first-order valence-corrected chi connectivity index (χ1v) is 20.1. The van der Waals surface area contributed by atoms with Gasteiger partial charge in [0.05, 0.1) is 25.4 Å². The summed E-state index contributed by atoms with van der Waals surface area (Å²) in [5.41, 5.74) is 5.34. The van der Waals surface area contributed by atoms with Crippen molar-refractivity contribution in [1.29, 1.82) is 0 Å². The Morgan fingerprint density at radius 3 is 1.76 bits per heavy atom. The van der Waals surface area contributed by atoms with Crippen LogP contribution in [-0.4, -0.2) is 47.8 Å². The van der Waals surface area contributed by atoms with E-state index in [0.29, 0.717) is 6.42 Å². The molecular formula is C37H71N2O6P. The molecule has 5 N–H and O–H groups in total. The molecule has 0 fully saturated rings. The van der Waals surface area contributed by atoms with Gasteiger partial charge >= 0.3 is 7.82 Å². The summed E-state index contributed by atoms with van der Waals surface area (Å²) < 4.78 is 22.0. The number of carbonyl (C=O) groups is 1. The number of allylic oxidation sites excluding steroid dienone is 5. The van der Waals surface area contributed by atoms with Crippen molar-refractivity contribution in [3.05, 3.63) is 36.5 Å². The van der Waals surface area contributed by atoms with E-state index in [2.05, 4.69) is 43.5 Å². The smallest absolute Gasteiger partial charge is 0.387 e. The van der Waals surface area contributed by atoms with Crippen LogP contribution in [0.15, 0.2) is 36.5 Å². The lowest BCUT2D eigenvalue weighted by Gasteiger charge is -2.23.